The lowest BCUT2D eigenvalue weighted by Crippen LogP contribution is -2.63. The van der Waals surface area contributed by atoms with Gasteiger partial charge in [-0.1, -0.05) is 0 Å². The van der Waals surface area contributed by atoms with Gasteiger partial charge in [0, 0.05) is 17.7 Å². The molecule has 9 N–H and O–H groups in total. The Morgan fingerprint density at radius 1 is 0.878 bits per heavy atom. The number of benzene rings is 2. The summed E-state index contributed by atoms with van der Waals surface area (Å²) in [5.74, 6) is -1.91. The molecule has 0 saturated carbocycles. The Bertz CT molecular complexity index is 1440. The van der Waals surface area contributed by atoms with Gasteiger partial charge >= 0.3 is 0 Å². The summed E-state index contributed by atoms with van der Waals surface area (Å²) in [4.78, 5) is 12.8. The average molecular weight is 580 g/mol. The molecule has 15 heteroatoms. The first kappa shape index (κ1) is 29.0. The molecule has 222 valence electrons. The van der Waals surface area contributed by atoms with E-state index in [1.807, 2.05) is 0 Å². The summed E-state index contributed by atoms with van der Waals surface area (Å²) in [5, 5.41) is 91.3. The van der Waals surface area contributed by atoms with Crippen LogP contribution in [0.15, 0.2) is 45.6 Å². The molecule has 3 heterocycles. The molecule has 0 bridgehead atoms. The zero-order valence-electron chi connectivity index (χ0n) is 21.0. The van der Waals surface area contributed by atoms with Gasteiger partial charge in [-0.25, -0.2) is 0 Å². The van der Waals surface area contributed by atoms with Gasteiger partial charge in [-0.3, -0.25) is 4.79 Å². The highest BCUT2D eigenvalue weighted by atomic mass is 16.8. The third-order valence-electron chi connectivity index (χ3n) is 6.89. The summed E-state index contributed by atoms with van der Waals surface area (Å²) in [6.07, 6.45) is -15.0. The van der Waals surface area contributed by atoms with Crippen molar-refractivity contribution in [3.05, 3.63) is 46.6 Å². The SMILES string of the molecule is O=c1cc(-c2ccc(O)cc2)oc2c(O)c(O[C@H]3OC[C@H](O)[C@@H](O)[C@H]3O[C@@H]3O[C@H](CO)[C@@H](O)[C@H](O)[C@H]3O)cc(O)c12. The van der Waals surface area contributed by atoms with Gasteiger partial charge in [0.25, 0.3) is 0 Å². The molecule has 15 nitrogen and oxygen atoms in total. The quantitative estimate of drug-likeness (QED) is 0.146. The number of aliphatic hydroxyl groups is 6. The van der Waals surface area contributed by atoms with Gasteiger partial charge in [0.05, 0.1) is 13.2 Å². The van der Waals surface area contributed by atoms with E-state index in [0.29, 0.717) is 5.56 Å². The minimum atomic E-state index is -1.86. The number of aromatic hydroxyl groups is 3. The maximum Gasteiger partial charge on any atom is 0.229 e. The predicted octanol–water partition coefficient (Wildman–Crippen LogP) is -1.78. The van der Waals surface area contributed by atoms with Crippen molar-refractivity contribution in [1.82, 2.24) is 0 Å². The Morgan fingerprint density at radius 3 is 2.27 bits per heavy atom. The molecule has 9 atom stereocenters. The number of hydrogen-bond donors (Lipinski definition) is 9. The normalized spacial score (nSPS) is 32.2. The molecule has 0 spiro atoms. The molecule has 0 aliphatic carbocycles. The Morgan fingerprint density at radius 2 is 1.59 bits per heavy atom. The molecule has 2 aromatic carbocycles. The zero-order valence-corrected chi connectivity index (χ0v) is 21.0. The average Bonchev–Trinajstić information content (AvgIpc) is 2.95. The van der Waals surface area contributed by atoms with Gasteiger partial charge < -0.3 is 69.3 Å². The van der Waals surface area contributed by atoms with Crippen molar-refractivity contribution >= 4 is 11.0 Å². The van der Waals surface area contributed by atoms with E-state index in [-0.39, 0.29) is 16.9 Å². The maximum absolute atomic E-state index is 12.8. The lowest BCUT2D eigenvalue weighted by molar-refractivity contribution is -0.348. The van der Waals surface area contributed by atoms with E-state index < -0.39 is 96.8 Å². The third-order valence-corrected chi connectivity index (χ3v) is 6.89. The Balaban J connectivity index is 1.48. The number of rotatable bonds is 6. The number of ether oxygens (including phenoxy) is 4. The number of phenolic OH excluding ortho intramolecular Hbond substituents is 3. The smallest absolute Gasteiger partial charge is 0.229 e. The first-order valence-electron chi connectivity index (χ1n) is 12.4. The van der Waals surface area contributed by atoms with E-state index in [1.165, 1.54) is 24.3 Å². The van der Waals surface area contributed by atoms with Crippen LogP contribution >= 0.6 is 0 Å². The van der Waals surface area contributed by atoms with Crippen molar-refractivity contribution in [3.63, 3.8) is 0 Å². The monoisotopic (exact) mass is 580 g/mol. The van der Waals surface area contributed by atoms with Crippen LogP contribution in [0.25, 0.3) is 22.3 Å². The minimum Gasteiger partial charge on any atom is -0.508 e. The van der Waals surface area contributed by atoms with Crippen LogP contribution in [0.5, 0.6) is 23.0 Å². The van der Waals surface area contributed by atoms with Crippen molar-refractivity contribution in [2.24, 2.45) is 0 Å². The molecular weight excluding hydrogens is 552 g/mol. The molecule has 2 saturated heterocycles. The molecule has 2 aliphatic heterocycles. The highest BCUT2D eigenvalue weighted by Gasteiger charge is 2.49. The van der Waals surface area contributed by atoms with Crippen LogP contribution in [0, 0.1) is 0 Å². The van der Waals surface area contributed by atoms with Crippen LogP contribution < -0.4 is 10.2 Å². The van der Waals surface area contributed by atoms with Gasteiger partial charge in [0.1, 0.15) is 59.3 Å². The summed E-state index contributed by atoms with van der Waals surface area (Å²) in [6.45, 7) is -1.22. The summed E-state index contributed by atoms with van der Waals surface area (Å²) in [5.41, 5.74) is -0.795. The van der Waals surface area contributed by atoms with Crippen LogP contribution in [0.1, 0.15) is 0 Å². The minimum absolute atomic E-state index is 0.00867. The van der Waals surface area contributed by atoms with Crippen molar-refractivity contribution in [2.45, 2.75) is 55.3 Å². The van der Waals surface area contributed by atoms with Crippen LogP contribution in [-0.2, 0) is 14.2 Å². The fourth-order valence-corrected chi connectivity index (χ4v) is 4.61. The lowest BCUT2D eigenvalue weighted by atomic mass is 9.99. The molecular formula is C26H28O15. The van der Waals surface area contributed by atoms with E-state index in [0.717, 1.165) is 12.1 Å². The van der Waals surface area contributed by atoms with E-state index >= 15 is 0 Å². The Hall–Kier alpha value is -3.51. The second-order valence-electron chi connectivity index (χ2n) is 9.64. The van der Waals surface area contributed by atoms with Crippen LogP contribution in [0.2, 0.25) is 0 Å². The van der Waals surface area contributed by atoms with Gasteiger partial charge in [0.2, 0.25) is 12.0 Å². The molecule has 0 unspecified atom stereocenters. The molecule has 2 fully saturated rings. The molecule has 5 rings (SSSR count). The molecule has 2 aliphatic rings. The zero-order chi connectivity index (χ0) is 29.6. The van der Waals surface area contributed by atoms with Crippen molar-refractivity contribution in [2.75, 3.05) is 13.2 Å². The standard InChI is InChI=1S/C26H28O15/c27-7-16-19(33)21(35)22(36)25(40-16)41-24-18(32)13(31)8-37-26(24)39-15-6-12(30)17-11(29)5-14(38-23(17)20(15)34)9-1-3-10(28)4-2-9/h1-6,13,16,18-19,21-22,24-28,30-36H,7-8H2/t13-,16+,18+,19+,21-,22+,24+,25-,26+/m0/s1. The molecule has 41 heavy (non-hydrogen) atoms. The predicted molar refractivity (Wildman–Crippen MR) is 134 cm³/mol. The molecule has 1 aromatic heterocycles. The second-order valence-corrected chi connectivity index (χ2v) is 9.64. The second kappa shape index (κ2) is 11.4. The fraction of sp³-hybridized carbons (Fsp3) is 0.423. The van der Waals surface area contributed by atoms with Gasteiger partial charge in [-0.2, -0.15) is 0 Å². The summed E-state index contributed by atoms with van der Waals surface area (Å²) < 4.78 is 27.7. The molecule has 3 aromatic rings. The Labute approximate surface area is 230 Å². The van der Waals surface area contributed by atoms with Crippen molar-refractivity contribution < 1.29 is 69.3 Å². The van der Waals surface area contributed by atoms with E-state index in [9.17, 15) is 50.8 Å². The van der Waals surface area contributed by atoms with Crippen molar-refractivity contribution in [3.8, 4) is 34.3 Å². The Kier molecular flexibility index (Phi) is 8.06. The number of phenols is 3. The van der Waals surface area contributed by atoms with Gasteiger partial charge in [-0.05, 0) is 24.3 Å². The van der Waals surface area contributed by atoms with Gasteiger partial charge in [0.15, 0.2) is 29.2 Å². The number of aliphatic hydroxyl groups excluding tert-OH is 6. The topological polar surface area (TPSA) is 249 Å². The number of fused-ring (bicyclic) bond motifs is 1. The third kappa shape index (κ3) is 5.42. The van der Waals surface area contributed by atoms with E-state index in [4.69, 9.17) is 23.4 Å². The van der Waals surface area contributed by atoms with Crippen LogP contribution in [-0.4, -0.2) is 114 Å². The highest BCUT2D eigenvalue weighted by molar-refractivity contribution is 5.91. The first-order valence-corrected chi connectivity index (χ1v) is 12.4. The van der Waals surface area contributed by atoms with Gasteiger partial charge in [-0.15, -0.1) is 0 Å². The largest absolute Gasteiger partial charge is 0.508 e. The molecule has 0 amide bonds. The maximum atomic E-state index is 12.8. The van der Waals surface area contributed by atoms with Crippen LogP contribution in [0.3, 0.4) is 0 Å². The summed E-state index contributed by atoms with van der Waals surface area (Å²) in [6, 6.07) is 7.60. The molecule has 0 radical (unpaired) electrons. The summed E-state index contributed by atoms with van der Waals surface area (Å²) >= 11 is 0. The highest BCUT2D eigenvalue weighted by Crippen LogP contribution is 2.42. The van der Waals surface area contributed by atoms with E-state index in [2.05, 4.69) is 0 Å². The van der Waals surface area contributed by atoms with Crippen molar-refractivity contribution in [1.29, 1.82) is 0 Å². The first-order chi connectivity index (χ1) is 19.5. The number of hydrogen-bond acceptors (Lipinski definition) is 15. The summed E-state index contributed by atoms with van der Waals surface area (Å²) in [7, 11) is 0. The fourth-order valence-electron chi connectivity index (χ4n) is 4.61. The van der Waals surface area contributed by atoms with Crippen LogP contribution in [0.4, 0.5) is 0 Å². The lowest BCUT2D eigenvalue weighted by Gasteiger charge is -2.44. The van der Waals surface area contributed by atoms with E-state index in [1.54, 1.807) is 0 Å².